The van der Waals surface area contributed by atoms with Gasteiger partial charge < -0.3 is 9.47 Å². The van der Waals surface area contributed by atoms with E-state index >= 15 is 0 Å². The van der Waals surface area contributed by atoms with Crippen molar-refractivity contribution in [2.45, 2.75) is 50.6 Å². The number of fused-ring (bicyclic) bond motifs is 1. The van der Waals surface area contributed by atoms with Crippen LogP contribution in [0.5, 0.6) is 0 Å². The summed E-state index contributed by atoms with van der Waals surface area (Å²) < 4.78 is 41.4. The zero-order valence-corrected chi connectivity index (χ0v) is 14.8. The number of ether oxygens (including phenoxy) is 2. The van der Waals surface area contributed by atoms with Crippen molar-refractivity contribution in [3.8, 4) is 0 Å². The molecule has 0 aromatic rings. The van der Waals surface area contributed by atoms with E-state index in [1.807, 2.05) is 13.8 Å². The number of hydrogen-bond acceptors (Lipinski definition) is 6. The molecule has 2 aliphatic carbocycles. The lowest BCUT2D eigenvalue weighted by Crippen LogP contribution is -2.60. The van der Waals surface area contributed by atoms with E-state index in [1.165, 1.54) is 0 Å². The molecule has 0 spiro atoms. The highest BCUT2D eigenvalue weighted by molar-refractivity contribution is 7.87. The summed E-state index contributed by atoms with van der Waals surface area (Å²) in [5.41, 5.74) is -1.95. The fourth-order valence-electron chi connectivity index (χ4n) is 5.27. The lowest BCUT2D eigenvalue weighted by atomic mass is 9.66. The van der Waals surface area contributed by atoms with Gasteiger partial charge in [-0.05, 0) is 26.2 Å². The number of esters is 1. The number of carbonyl (C=O) groups excluding carboxylic acids is 1. The Kier molecular flexibility index (Phi) is 3.53. The maximum atomic E-state index is 12.4. The van der Waals surface area contributed by atoms with Gasteiger partial charge in [0.25, 0.3) is 10.1 Å². The lowest BCUT2D eigenvalue weighted by molar-refractivity contribution is -0.198. The van der Waals surface area contributed by atoms with Crippen molar-refractivity contribution in [1.29, 1.82) is 0 Å². The maximum Gasteiger partial charge on any atom is 0.330 e. The topological polar surface area (TPSA) is 78.9 Å². The second kappa shape index (κ2) is 4.80. The Labute approximate surface area is 137 Å². The molecule has 6 atom stereocenters. The predicted octanol–water partition coefficient (Wildman–Crippen LogP) is 1.65. The summed E-state index contributed by atoms with van der Waals surface area (Å²) in [4.78, 5) is 11.1. The highest BCUT2D eigenvalue weighted by Gasteiger charge is 2.83. The Bertz CT molecular complexity index is 657. The van der Waals surface area contributed by atoms with Crippen molar-refractivity contribution in [3.05, 3.63) is 12.7 Å². The molecule has 130 valence electrons. The standard InChI is InChI=1S/C16H24O6S/c1-6-12(17)20-7-8-21-16(5)14(3)9-11-13(10(14)2)15(16,4)22-23(11,18)19/h6,10-11,13H,1,7-9H2,2-5H3. The first-order valence-corrected chi connectivity index (χ1v) is 9.38. The largest absolute Gasteiger partial charge is 0.460 e. The smallest absolute Gasteiger partial charge is 0.330 e. The molecule has 0 aromatic heterocycles. The van der Waals surface area contributed by atoms with Crippen LogP contribution in [0.1, 0.15) is 34.1 Å². The van der Waals surface area contributed by atoms with Crippen molar-refractivity contribution >= 4 is 16.1 Å². The third-order valence-corrected chi connectivity index (χ3v) is 8.57. The number of rotatable bonds is 5. The summed E-state index contributed by atoms with van der Waals surface area (Å²) in [5.74, 6) is -0.397. The second-order valence-electron chi connectivity index (χ2n) is 7.41. The highest BCUT2D eigenvalue weighted by atomic mass is 32.2. The third-order valence-electron chi connectivity index (χ3n) is 6.79. The van der Waals surface area contributed by atoms with Gasteiger partial charge in [0.05, 0.1) is 11.9 Å². The van der Waals surface area contributed by atoms with Gasteiger partial charge in [-0.15, -0.1) is 0 Å². The molecule has 7 heteroatoms. The summed E-state index contributed by atoms with van der Waals surface area (Å²) in [6.45, 7) is 11.6. The van der Waals surface area contributed by atoms with Gasteiger partial charge in [-0.3, -0.25) is 4.18 Å². The molecule has 1 saturated heterocycles. The number of hydrogen-bond donors (Lipinski definition) is 0. The van der Waals surface area contributed by atoms with Gasteiger partial charge in [0.15, 0.2) is 0 Å². The molecule has 1 heterocycles. The van der Waals surface area contributed by atoms with Crippen LogP contribution in [0.15, 0.2) is 12.7 Å². The van der Waals surface area contributed by atoms with Crippen molar-refractivity contribution in [1.82, 2.24) is 0 Å². The quantitative estimate of drug-likeness (QED) is 0.327. The van der Waals surface area contributed by atoms with E-state index < -0.39 is 32.5 Å². The first-order valence-electron chi connectivity index (χ1n) is 7.91. The van der Waals surface area contributed by atoms with E-state index in [1.54, 1.807) is 0 Å². The normalized spacial score (nSPS) is 49.3. The van der Waals surface area contributed by atoms with Crippen molar-refractivity contribution in [2.75, 3.05) is 13.2 Å². The average Bonchev–Trinajstić information content (AvgIpc) is 2.89. The summed E-state index contributed by atoms with van der Waals surface area (Å²) in [5, 5.41) is -0.442. The summed E-state index contributed by atoms with van der Waals surface area (Å²) in [6.07, 6.45) is 1.64. The monoisotopic (exact) mass is 344 g/mol. The van der Waals surface area contributed by atoms with Gasteiger partial charge >= 0.3 is 5.97 Å². The minimum Gasteiger partial charge on any atom is -0.460 e. The molecule has 1 aliphatic heterocycles. The van der Waals surface area contributed by atoms with E-state index in [4.69, 9.17) is 13.7 Å². The lowest BCUT2D eigenvalue weighted by Gasteiger charge is -2.49. The average molecular weight is 344 g/mol. The van der Waals surface area contributed by atoms with Crippen molar-refractivity contribution in [3.63, 3.8) is 0 Å². The SMILES string of the molecule is C=CC(=O)OCCOC1(C)C2(C)CC3C(C2C)C1(C)OS3(=O)=O. The fourth-order valence-corrected chi connectivity index (χ4v) is 7.55. The van der Waals surface area contributed by atoms with Gasteiger partial charge in [-0.1, -0.05) is 20.4 Å². The van der Waals surface area contributed by atoms with Crippen LogP contribution in [-0.4, -0.2) is 44.1 Å². The molecule has 3 aliphatic rings. The zero-order chi connectivity index (χ0) is 17.3. The van der Waals surface area contributed by atoms with Gasteiger partial charge in [0, 0.05) is 17.4 Å². The Morgan fingerprint density at radius 2 is 2.00 bits per heavy atom. The van der Waals surface area contributed by atoms with Crippen LogP contribution in [0.25, 0.3) is 0 Å². The van der Waals surface area contributed by atoms with Crippen LogP contribution in [-0.2, 0) is 28.6 Å². The van der Waals surface area contributed by atoms with Crippen LogP contribution < -0.4 is 0 Å². The van der Waals surface area contributed by atoms with E-state index in [9.17, 15) is 13.2 Å². The molecule has 6 unspecified atom stereocenters. The Morgan fingerprint density at radius 3 is 2.61 bits per heavy atom. The molecule has 0 N–H and O–H groups in total. The fraction of sp³-hybridized carbons (Fsp3) is 0.812. The van der Waals surface area contributed by atoms with Crippen LogP contribution in [0.4, 0.5) is 0 Å². The molecule has 0 aromatic carbocycles. The van der Waals surface area contributed by atoms with Gasteiger partial charge in [-0.25, -0.2) is 4.79 Å². The van der Waals surface area contributed by atoms with Crippen LogP contribution >= 0.6 is 0 Å². The summed E-state index contributed by atoms with van der Waals surface area (Å²) in [7, 11) is -3.56. The number of carbonyl (C=O) groups is 1. The minimum atomic E-state index is -3.56. The second-order valence-corrected chi connectivity index (χ2v) is 9.17. The summed E-state index contributed by atoms with van der Waals surface area (Å²) >= 11 is 0. The molecule has 3 rings (SSSR count). The highest BCUT2D eigenvalue weighted by Crippen LogP contribution is 2.74. The zero-order valence-electron chi connectivity index (χ0n) is 14.0. The Balaban J connectivity index is 1.85. The maximum absolute atomic E-state index is 12.4. The minimum absolute atomic E-state index is 0.0711. The Hall–Kier alpha value is -0.920. The van der Waals surface area contributed by atoms with Crippen LogP contribution in [0.2, 0.25) is 0 Å². The van der Waals surface area contributed by atoms with Gasteiger partial charge in [0.1, 0.15) is 17.8 Å². The molecule has 6 nitrogen and oxygen atoms in total. The molecule has 3 fully saturated rings. The molecule has 0 radical (unpaired) electrons. The predicted molar refractivity (Wildman–Crippen MR) is 83.1 cm³/mol. The molecule has 2 bridgehead atoms. The van der Waals surface area contributed by atoms with Crippen LogP contribution in [0.3, 0.4) is 0 Å². The summed E-state index contributed by atoms with van der Waals surface area (Å²) in [6, 6.07) is 0. The van der Waals surface area contributed by atoms with Gasteiger partial charge in [0.2, 0.25) is 0 Å². The van der Waals surface area contributed by atoms with E-state index in [2.05, 4.69) is 20.4 Å². The molecule has 23 heavy (non-hydrogen) atoms. The Morgan fingerprint density at radius 1 is 1.35 bits per heavy atom. The van der Waals surface area contributed by atoms with E-state index in [0.717, 1.165) is 6.08 Å². The molecule has 0 amide bonds. The van der Waals surface area contributed by atoms with Gasteiger partial charge in [-0.2, -0.15) is 8.42 Å². The molecule has 2 saturated carbocycles. The third kappa shape index (κ3) is 1.87. The van der Waals surface area contributed by atoms with E-state index in [0.29, 0.717) is 6.42 Å². The molecular weight excluding hydrogens is 320 g/mol. The first-order chi connectivity index (χ1) is 10.5. The van der Waals surface area contributed by atoms with Crippen molar-refractivity contribution < 1.29 is 26.9 Å². The van der Waals surface area contributed by atoms with Crippen molar-refractivity contribution in [2.24, 2.45) is 17.3 Å². The van der Waals surface area contributed by atoms with Crippen LogP contribution in [0, 0.1) is 17.3 Å². The first kappa shape index (κ1) is 16.9. The molecular formula is C16H24O6S. The van der Waals surface area contributed by atoms with E-state index in [-0.39, 0.29) is 30.5 Å².